The quantitative estimate of drug-likeness (QED) is 0.407. The summed E-state index contributed by atoms with van der Waals surface area (Å²) in [6.45, 7) is 1.98. The average molecular weight is 423 g/mol. The monoisotopic (exact) mass is 422 g/mol. The number of thioether (sulfide) groups is 1. The molecule has 0 atom stereocenters. The van der Waals surface area contributed by atoms with E-state index in [1.165, 1.54) is 11.8 Å². The number of aromatic nitrogens is 4. The van der Waals surface area contributed by atoms with E-state index in [4.69, 9.17) is 16.0 Å². The minimum Gasteiger partial charge on any atom is -0.449 e. The summed E-state index contributed by atoms with van der Waals surface area (Å²) in [6, 6.07) is 13.3. The molecule has 0 saturated heterocycles. The molecule has 0 aliphatic heterocycles. The molecule has 0 spiro atoms. The summed E-state index contributed by atoms with van der Waals surface area (Å²) in [5, 5.41) is 2.32. The summed E-state index contributed by atoms with van der Waals surface area (Å²) < 4.78 is 7.63. The molecule has 3 heterocycles. The maximum atomic E-state index is 12.5. The predicted molar refractivity (Wildman–Crippen MR) is 115 cm³/mol. The van der Waals surface area contributed by atoms with Crippen molar-refractivity contribution in [1.29, 1.82) is 0 Å². The van der Waals surface area contributed by atoms with E-state index < -0.39 is 0 Å². The number of para-hydroxylation sites is 1. The van der Waals surface area contributed by atoms with Gasteiger partial charge in [0.15, 0.2) is 5.16 Å². The molecule has 0 radical (unpaired) electrons. The van der Waals surface area contributed by atoms with Crippen molar-refractivity contribution >= 4 is 45.4 Å². The van der Waals surface area contributed by atoms with Crippen LogP contribution in [0, 0.1) is 6.92 Å². The minimum absolute atomic E-state index is 0.246. The van der Waals surface area contributed by atoms with Gasteiger partial charge in [0.25, 0.3) is 5.56 Å². The largest absolute Gasteiger partial charge is 0.449 e. The lowest BCUT2D eigenvalue weighted by Gasteiger charge is -2.11. The summed E-state index contributed by atoms with van der Waals surface area (Å²) in [6.07, 6.45) is 3.63. The van der Waals surface area contributed by atoms with Crippen LogP contribution in [-0.2, 0) is 5.75 Å². The third-order valence-electron chi connectivity index (χ3n) is 4.72. The van der Waals surface area contributed by atoms with Crippen LogP contribution in [0.1, 0.15) is 11.4 Å². The van der Waals surface area contributed by atoms with Gasteiger partial charge < -0.3 is 9.40 Å². The number of aromatic amines is 1. The van der Waals surface area contributed by atoms with Crippen molar-refractivity contribution in [3.8, 4) is 5.69 Å². The van der Waals surface area contributed by atoms with E-state index in [-0.39, 0.29) is 11.1 Å². The molecule has 0 bridgehead atoms. The number of halogens is 1. The van der Waals surface area contributed by atoms with E-state index in [9.17, 15) is 4.79 Å². The first-order valence-corrected chi connectivity index (χ1v) is 10.3. The number of H-pyrrole nitrogens is 1. The molecule has 6 nitrogen and oxygen atoms in total. The fraction of sp³-hybridized carbons (Fsp3) is 0.0952. The summed E-state index contributed by atoms with van der Waals surface area (Å²) in [4.78, 5) is 24.4. The number of imidazole rings is 1. The lowest BCUT2D eigenvalue weighted by Crippen LogP contribution is -2.10. The molecule has 3 aromatic heterocycles. The summed E-state index contributed by atoms with van der Waals surface area (Å²) in [5.74, 6) is 1.03. The van der Waals surface area contributed by atoms with Gasteiger partial charge in [-0.1, -0.05) is 41.6 Å². The van der Waals surface area contributed by atoms with Crippen molar-refractivity contribution in [2.24, 2.45) is 0 Å². The molecule has 2 aromatic carbocycles. The van der Waals surface area contributed by atoms with Gasteiger partial charge in [-0.2, -0.15) is 0 Å². The van der Waals surface area contributed by atoms with Gasteiger partial charge >= 0.3 is 0 Å². The lowest BCUT2D eigenvalue weighted by atomic mass is 10.2. The van der Waals surface area contributed by atoms with E-state index >= 15 is 0 Å². The highest BCUT2D eigenvalue weighted by Gasteiger charge is 2.14. The van der Waals surface area contributed by atoms with Crippen LogP contribution in [0.5, 0.6) is 0 Å². The maximum Gasteiger partial charge on any atom is 0.294 e. The maximum absolute atomic E-state index is 12.5. The molecule has 5 rings (SSSR count). The second-order valence-electron chi connectivity index (χ2n) is 6.54. The van der Waals surface area contributed by atoms with Crippen LogP contribution < -0.4 is 5.56 Å². The van der Waals surface area contributed by atoms with E-state index in [2.05, 4.69) is 15.0 Å². The van der Waals surface area contributed by atoms with Crippen LogP contribution >= 0.6 is 23.4 Å². The van der Waals surface area contributed by atoms with Gasteiger partial charge in [0, 0.05) is 22.8 Å². The second kappa shape index (κ2) is 7.09. The molecule has 0 aliphatic carbocycles. The Hall–Kier alpha value is -3.03. The molecule has 0 fully saturated rings. The Morgan fingerprint density at radius 2 is 2.07 bits per heavy atom. The summed E-state index contributed by atoms with van der Waals surface area (Å²) in [5.41, 5.74) is 3.14. The van der Waals surface area contributed by atoms with E-state index in [0.717, 1.165) is 21.8 Å². The van der Waals surface area contributed by atoms with Crippen molar-refractivity contribution in [2.75, 3.05) is 0 Å². The summed E-state index contributed by atoms with van der Waals surface area (Å²) in [7, 11) is 0. The Labute approximate surface area is 174 Å². The molecular formula is C21H15ClN4O2S. The highest BCUT2D eigenvalue weighted by molar-refractivity contribution is 7.98. The van der Waals surface area contributed by atoms with Crippen LogP contribution in [0.25, 0.3) is 27.8 Å². The SMILES string of the molecule is Cc1c(Cl)cccc1-n1ccnc1SCc1nc2c(oc3ccccc32)c(=O)[nH]1. The molecule has 1 N–H and O–H groups in total. The smallest absolute Gasteiger partial charge is 0.294 e. The Balaban J connectivity index is 1.49. The molecule has 144 valence electrons. The zero-order valence-electron chi connectivity index (χ0n) is 15.3. The van der Waals surface area contributed by atoms with Gasteiger partial charge in [0.2, 0.25) is 5.58 Å². The molecule has 8 heteroatoms. The molecule has 0 amide bonds. The minimum atomic E-state index is -0.282. The highest BCUT2D eigenvalue weighted by Crippen LogP contribution is 2.29. The molecule has 0 saturated carbocycles. The van der Waals surface area contributed by atoms with Gasteiger partial charge in [-0.05, 0) is 36.8 Å². The number of nitrogens with one attached hydrogen (secondary N) is 1. The first-order valence-electron chi connectivity index (χ1n) is 8.94. The van der Waals surface area contributed by atoms with Crippen molar-refractivity contribution in [3.05, 3.63) is 81.6 Å². The number of benzene rings is 2. The van der Waals surface area contributed by atoms with Gasteiger partial charge in [-0.25, -0.2) is 9.97 Å². The first-order chi connectivity index (χ1) is 14.1. The standard InChI is InChI=1S/C21H15ClN4O2S/c1-12-14(22)6-4-7-15(12)26-10-9-23-21(26)29-11-17-24-18-13-5-2-3-8-16(13)28-19(18)20(27)25-17/h2-10H,11H2,1H3,(H,24,25,27). The van der Waals surface area contributed by atoms with Crippen molar-refractivity contribution in [3.63, 3.8) is 0 Å². The Kier molecular flexibility index (Phi) is 4.41. The van der Waals surface area contributed by atoms with E-state index in [1.54, 1.807) is 6.20 Å². The normalized spacial score (nSPS) is 11.5. The average Bonchev–Trinajstić information content (AvgIpc) is 3.33. The van der Waals surface area contributed by atoms with Gasteiger partial charge in [-0.3, -0.25) is 9.36 Å². The number of rotatable bonds is 4. The molecular weight excluding hydrogens is 408 g/mol. The number of hydrogen-bond acceptors (Lipinski definition) is 5. The zero-order valence-corrected chi connectivity index (χ0v) is 16.9. The van der Waals surface area contributed by atoms with Crippen molar-refractivity contribution in [2.45, 2.75) is 17.8 Å². The van der Waals surface area contributed by atoms with E-state index in [1.807, 2.05) is 60.2 Å². The first kappa shape index (κ1) is 18.0. The van der Waals surface area contributed by atoms with Crippen LogP contribution in [0.3, 0.4) is 0 Å². The number of furan rings is 1. The fourth-order valence-corrected chi connectivity index (χ4v) is 4.29. The predicted octanol–water partition coefficient (Wildman–Crippen LogP) is 5.11. The fourth-order valence-electron chi connectivity index (χ4n) is 3.29. The van der Waals surface area contributed by atoms with Crippen molar-refractivity contribution in [1.82, 2.24) is 19.5 Å². The molecule has 0 aliphatic rings. The van der Waals surface area contributed by atoms with Crippen LogP contribution in [0.4, 0.5) is 0 Å². The van der Waals surface area contributed by atoms with Gasteiger partial charge in [-0.15, -0.1) is 0 Å². The molecule has 29 heavy (non-hydrogen) atoms. The van der Waals surface area contributed by atoms with E-state index in [0.29, 0.717) is 27.7 Å². The van der Waals surface area contributed by atoms with Crippen LogP contribution in [0.2, 0.25) is 5.02 Å². The van der Waals surface area contributed by atoms with Crippen LogP contribution in [0.15, 0.2) is 69.2 Å². The summed E-state index contributed by atoms with van der Waals surface area (Å²) >= 11 is 7.75. The Morgan fingerprint density at radius 1 is 1.21 bits per heavy atom. The topological polar surface area (TPSA) is 76.7 Å². The lowest BCUT2D eigenvalue weighted by molar-refractivity contribution is 0.660. The van der Waals surface area contributed by atoms with Crippen LogP contribution in [-0.4, -0.2) is 19.5 Å². The zero-order chi connectivity index (χ0) is 20.0. The number of fused-ring (bicyclic) bond motifs is 3. The third-order valence-corrected chi connectivity index (χ3v) is 6.11. The molecule has 5 aromatic rings. The Bertz CT molecular complexity index is 1420. The van der Waals surface area contributed by atoms with Crippen molar-refractivity contribution < 1.29 is 4.42 Å². The second-order valence-corrected chi connectivity index (χ2v) is 7.89. The number of hydrogen-bond donors (Lipinski definition) is 1. The number of nitrogens with zero attached hydrogens (tertiary/aromatic N) is 3. The van der Waals surface area contributed by atoms with Gasteiger partial charge in [0.05, 0.1) is 11.4 Å². The van der Waals surface area contributed by atoms with Gasteiger partial charge in [0.1, 0.15) is 16.9 Å². The highest BCUT2D eigenvalue weighted by atomic mass is 35.5. The Morgan fingerprint density at radius 3 is 2.97 bits per heavy atom. The third kappa shape index (κ3) is 3.12. The molecule has 0 unspecified atom stereocenters.